The Morgan fingerprint density at radius 2 is 2.24 bits per heavy atom. The lowest BCUT2D eigenvalue weighted by Gasteiger charge is -2.14. The molecule has 1 aromatic rings. The summed E-state index contributed by atoms with van der Waals surface area (Å²) in [6, 6.07) is 0. The first-order valence-electron chi connectivity index (χ1n) is 5.46. The van der Waals surface area contributed by atoms with E-state index in [-0.39, 0.29) is 5.75 Å². The molecule has 0 atom stereocenters. The van der Waals surface area contributed by atoms with E-state index >= 15 is 0 Å². The minimum absolute atomic E-state index is 0.158. The fraction of sp³-hybridized carbons (Fsp3) is 0.700. The van der Waals surface area contributed by atoms with Gasteiger partial charge in [-0.05, 0) is 6.54 Å². The zero-order chi connectivity index (χ0) is 12.9. The van der Waals surface area contributed by atoms with Crippen LogP contribution in [0.25, 0.3) is 0 Å². The van der Waals surface area contributed by atoms with Gasteiger partial charge in [0, 0.05) is 31.8 Å². The maximum absolute atomic E-state index is 11.1. The SMILES string of the molecule is CCNCc1csc(N(C)CCS(C)(=O)=O)n1. The molecule has 0 aliphatic heterocycles. The molecule has 98 valence electrons. The third kappa shape index (κ3) is 5.47. The lowest BCUT2D eigenvalue weighted by atomic mass is 10.5. The second-order valence-corrected chi connectivity index (χ2v) is 7.05. The molecule has 1 rings (SSSR count). The molecule has 0 aliphatic carbocycles. The zero-order valence-electron chi connectivity index (χ0n) is 10.4. The van der Waals surface area contributed by atoms with Gasteiger partial charge in [-0.3, -0.25) is 0 Å². The van der Waals surface area contributed by atoms with Gasteiger partial charge in [-0.2, -0.15) is 0 Å². The Bertz CT molecular complexity index is 442. The van der Waals surface area contributed by atoms with Crippen molar-refractivity contribution in [3.63, 3.8) is 0 Å². The number of rotatable bonds is 7. The number of sulfone groups is 1. The van der Waals surface area contributed by atoms with Gasteiger partial charge in [-0.15, -0.1) is 11.3 Å². The third-order valence-electron chi connectivity index (χ3n) is 2.22. The quantitative estimate of drug-likeness (QED) is 0.796. The van der Waals surface area contributed by atoms with Gasteiger partial charge >= 0.3 is 0 Å². The van der Waals surface area contributed by atoms with Gasteiger partial charge in [0.15, 0.2) is 5.13 Å². The van der Waals surface area contributed by atoms with Gasteiger partial charge < -0.3 is 10.2 Å². The molecule has 0 aromatic carbocycles. The van der Waals surface area contributed by atoms with Crippen LogP contribution < -0.4 is 10.2 Å². The summed E-state index contributed by atoms with van der Waals surface area (Å²) < 4.78 is 22.1. The molecule has 1 heterocycles. The molecule has 0 bridgehead atoms. The van der Waals surface area contributed by atoms with E-state index in [0.29, 0.717) is 6.54 Å². The topological polar surface area (TPSA) is 62.3 Å². The fourth-order valence-corrected chi connectivity index (χ4v) is 2.63. The van der Waals surface area contributed by atoms with Crippen LogP contribution in [0, 0.1) is 0 Å². The predicted molar refractivity (Wildman–Crippen MR) is 72.5 cm³/mol. The number of nitrogens with one attached hydrogen (secondary N) is 1. The Labute approximate surface area is 107 Å². The monoisotopic (exact) mass is 277 g/mol. The van der Waals surface area contributed by atoms with Crippen LogP contribution in [0.2, 0.25) is 0 Å². The summed E-state index contributed by atoms with van der Waals surface area (Å²) in [6.45, 7) is 4.20. The molecular formula is C10H19N3O2S2. The number of hydrogen-bond acceptors (Lipinski definition) is 6. The molecule has 7 heteroatoms. The predicted octanol–water partition coefficient (Wildman–Crippen LogP) is 0.733. The van der Waals surface area contributed by atoms with Crippen molar-refractivity contribution in [2.24, 2.45) is 0 Å². The van der Waals surface area contributed by atoms with E-state index in [1.165, 1.54) is 17.6 Å². The molecule has 0 aliphatic rings. The van der Waals surface area contributed by atoms with Gasteiger partial charge in [0.05, 0.1) is 11.4 Å². The van der Waals surface area contributed by atoms with Crippen molar-refractivity contribution in [3.8, 4) is 0 Å². The maximum Gasteiger partial charge on any atom is 0.185 e. The van der Waals surface area contributed by atoms with Crippen molar-refractivity contribution in [1.82, 2.24) is 10.3 Å². The zero-order valence-corrected chi connectivity index (χ0v) is 12.1. The number of anilines is 1. The van der Waals surface area contributed by atoms with Crippen molar-refractivity contribution in [2.75, 3.05) is 37.0 Å². The highest BCUT2D eigenvalue weighted by Gasteiger charge is 2.09. The summed E-state index contributed by atoms with van der Waals surface area (Å²) >= 11 is 1.54. The molecule has 0 amide bonds. The number of aromatic nitrogens is 1. The van der Waals surface area contributed by atoms with Crippen molar-refractivity contribution >= 4 is 26.3 Å². The molecule has 0 unspecified atom stereocenters. The molecule has 0 spiro atoms. The summed E-state index contributed by atoms with van der Waals surface area (Å²) in [5.74, 6) is 0.158. The number of nitrogens with zero attached hydrogens (tertiary/aromatic N) is 2. The third-order valence-corrected chi connectivity index (χ3v) is 4.15. The van der Waals surface area contributed by atoms with Gasteiger partial charge in [0.1, 0.15) is 9.84 Å². The maximum atomic E-state index is 11.1. The van der Waals surface area contributed by atoms with Crippen molar-refractivity contribution in [2.45, 2.75) is 13.5 Å². The molecule has 0 saturated heterocycles. The smallest absolute Gasteiger partial charge is 0.185 e. The standard InChI is InChI=1S/C10H19N3O2S2/c1-4-11-7-9-8-16-10(12-9)13(2)5-6-17(3,14)15/h8,11H,4-7H2,1-3H3. The van der Waals surface area contributed by atoms with E-state index in [1.54, 1.807) is 0 Å². The van der Waals surface area contributed by atoms with Gasteiger partial charge in [-0.1, -0.05) is 6.92 Å². The van der Waals surface area contributed by atoms with Crippen molar-refractivity contribution < 1.29 is 8.42 Å². The van der Waals surface area contributed by atoms with E-state index in [0.717, 1.165) is 23.9 Å². The Balaban J connectivity index is 2.51. The fourth-order valence-electron chi connectivity index (χ4n) is 1.20. The van der Waals surface area contributed by atoms with Gasteiger partial charge in [0.2, 0.25) is 0 Å². The minimum Gasteiger partial charge on any atom is -0.350 e. The molecule has 17 heavy (non-hydrogen) atoms. The highest BCUT2D eigenvalue weighted by atomic mass is 32.2. The summed E-state index contributed by atoms with van der Waals surface area (Å²) in [6.07, 6.45) is 1.25. The first-order valence-corrected chi connectivity index (χ1v) is 8.40. The Morgan fingerprint density at radius 1 is 1.53 bits per heavy atom. The summed E-state index contributed by atoms with van der Waals surface area (Å²) in [5.41, 5.74) is 0.998. The molecule has 0 radical (unpaired) electrons. The Morgan fingerprint density at radius 3 is 2.82 bits per heavy atom. The van der Waals surface area contributed by atoms with Crippen molar-refractivity contribution in [1.29, 1.82) is 0 Å². The average molecular weight is 277 g/mol. The molecular weight excluding hydrogens is 258 g/mol. The minimum atomic E-state index is -2.91. The van der Waals surface area contributed by atoms with Crippen LogP contribution in [0.5, 0.6) is 0 Å². The van der Waals surface area contributed by atoms with E-state index in [9.17, 15) is 8.42 Å². The Hall–Kier alpha value is -0.660. The molecule has 1 aromatic heterocycles. The second kappa shape index (κ2) is 6.32. The van der Waals surface area contributed by atoms with Crippen LogP contribution in [-0.4, -0.2) is 45.5 Å². The van der Waals surface area contributed by atoms with E-state index in [4.69, 9.17) is 0 Å². The first kappa shape index (κ1) is 14.4. The van der Waals surface area contributed by atoms with E-state index in [2.05, 4.69) is 10.3 Å². The Kier molecular flexibility index (Phi) is 5.35. The number of hydrogen-bond donors (Lipinski definition) is 1. The lowest BCUT2D eigenvalue weighted by Crippen LogP contribution is -2.24. The lowest BCUT2D eigenvalue weighted by molar-refractivity contribution is 0.601. The highest BCUT2D eigenvalue weighted by Crippen LogP contribution is 2.18. The van der Waals surface area contributed by atoms with Crippen LogP contribution >= 0.6 is 11.3 Å². The van der Waals surface area contributed by atoms with Crippen LogP contribution in [0.15, 0.2) is 5.38 Å². The van der Waals surface area contributed by atoms with Crippen LogP contribution in [-0.2, 0) is 16.4 Å². The molecule has 5 nitrogen and oxygen atoms in total. The van der Waals surface area contributed by atoms with Gasteiger partial charge in [-0.25, -0.2) is 13.4 Å². The normalized spacial score (nSPS) is 11.7. The first-order chi connectivity index (χ1) is 7.92. The number of thiazole rings is 1. The van der Waals surface area contributed by atoms with Crippen LogP contribution in [0.3, 0.4) is 0 Å². The van der Waals surface area contributed by atoms with Crippen LogP contribution in [0.4, 0.5) is 5.13 Å². The largest absolute Gasteiger partial charge is 0.350 e. The summed E-state index contributed by atoms with van der Waals surface area (Å²) in [5, 5.41) is 6.06. The summed E-state index contributed by atoms with van der Waals surface area (Å²) in [7, 11) is -1.05. The molecule has 0 fully saturated rings. The average Bonchev–Trinajstić information content (AvgIpc) is 2.70. The second-order valence-electron chi connectivity index (χ2n) is 3.95. The van der Waals surface area contributed by atoms with Crippen molar-refractivity contribution in [3.05, 3.63) is 11.1 Å². The van der Waals surface area contributed by atoms with E-state index < -0.39 is 9.84 Å². The molecule has 1 N–H and O–H groups in total. The highest BCUT2D eigenvalue weighted by molar-refractivity contribution is 7.90. The molecule has 0 saturated carbocycles. The van der Waals surface area contributed by atoms with E-state index in [1.807, 2.05) is 24.3 Å². The van der Waals surface area contributed by atoms with Crippen LogP contribution in [0.1, 0.15) is 12.6 Å². The summed E-state index contributed by atoms with van der Waals surface area (Å²) in [4.78, 5) is 6.31. The van der Waals surface area contributed by atoms with Gasteiger partial charge in [0.25, 0.3) is 0 Å².